The van der Waals surface area contributed by atoms with Gasteiger partial charge in [-0.05, 0) is 13.0 Å². The zero-order valence-electron chi connectivity index (χ0n) is 13.2. The second-order valence-corrected chi connectivity index (χ2v) is 5.37. The van der Waals surface area contributed by atoms with E-state index in [0.717, 1.165) is 12.3 Å². The number of nitrogens with zero attached hydrogens (tertiary/aromatic N) is 4. The fourth-order valence-corrected chi connectivity index (χ4v) is 2.21. The first-order valence-corrected chi connectivity index (χ1v) is 7.75. The minimum atomic E-state index is -0.903. The number of carbonyl (C=O) groups is 1. The first-order chi connectivity index (χ1) is 11.8. The van der Waals surface area contributed by atoms with Crippen LogP contribution in [0.25, 0.3) is 5.76 Å². The highest BCUT2D eigenvalue weighted by molar-refractivity contribution is 6.34. The second-order valence-electron chi connectivity index (χ2n) is 4.65. The Bertz CT molecular complexity index is 864. The summed E-state index contributed by atoms with van der Waals surface area (Å²) in [6, 6.07) is 2.46. The summed E-state index contributed by atoms with van der Waals surface area (Å²) >= 11 is 11.4. The zero-order chi connectivity index (χ0) is 18.6. The molecule has 2 aromatic rings. The number of ether oxygens (including phenoxy) is 1. The lowest BCUT2D eigenvalue weighted by Gasteiger charge is -2.08. The summed E-state index contributed by atoms with van der Waals surface area (Å²) in [5, 5.41) is 13.6. The van der Waals surface area contributed by atoms with Crippen LogP contribution in [0.1, 0.15) is 12.5 Å². The lowest BCUT2D eigenvalue weighted by molar-refractivity contribution is -0.137. The van der Waals surface area contributed by atoms with Gasteiger partial charge in [-0.15, -0.1) is 0 Å². The number of hydrogen-bond donors (Lipinski definition) is 1. The lowest BCUT2D eigenvalue weighted by Crippen LogP contribution is -2.12. The Morgan fingerprint density at radius 2 is 2.20 bits per heavy atom. The van der Waals surface area contributed by atoms with E-state index in [1.165, 1.54) is 10.9 Å². The predicted molar refractivity (Wildman–Crippen MR) is 91.8 cm³/mol. The molecule has 0 spiro atoms. The van der Waals surface area contributed by atoms with Gasteiger partial charge in [-0.1, -0.05) is 23.2 Å². The lowest BCUT2D eigenvalue weighted by atomic mass is 10.1. The van der Waals surface area contributed by atoms with Crippen LogP contribution < -0.4 is 0 Å². The van der Waals surface area contributed by atoms with E-state index in [1.807, 2.05) is 0 Å². The molecule has 0 radical (unpaired) electrons. The second kappa shape index (κ2) is 8.09. The Morgan fingerprint density at radius 1 is 1.48 bits per heavy atom. The fraction of sp³-hybridized carbons (Fsp3) is 0.200. The van der Waals surface area contributed by atoms with Crippen molar-refractivity contribution in [2.45, 2.75) is 6.92 Å². The summed E-state index contributed by atoms with van der Waals surface area (Å²) in [4.78, 5) is 19.7. The number of rotatable bonds is 5. The fourth-order valence-electron chi connectivity index (χ4n) is 1.80. The Balaban J connectivity index is 2.55. The van der Waals surface area contributed by atoms with Gasteiger partial charge in [-0.3, -0.25) is 4.68 Å². The van der Waals surface area contributed by atoms with Crippen molar-refractivity contribution in [1.82, 2.24) is 14.8 Å². The molecule has 0 amide bonds. The third-order valence-electron chi connectivity index (χ3n) is 3.01. The summed E-state index contributed by atoms with van der Waals surface area (Å²) in [5.41, 5.74) is -0.545. The third kappa shape index (κ3) is 4.34. The molecule has 0 aromatic carbocycles. The van der Waals surface area contributed by atoms with Gasteiger partial charge in [0.2, 0.25) is 0 Å². The molecule has 1 N–H and O–H groups in total. The highest BCUT2D eigenvalue weighted by atomic mass is 35.5. The molecule has 25 heavy (non-hydrogen) atoms. The highest BCUT2D eigenvalue weighted by Gasteiger charge is 2.20. The van der Waals surface area contributed by atoms with Crippen molar-refractivity contribution in [1.29, 1.82) is 0 Å². The molecule has 2 heterocycles. The van der Waals surface area contributed by atoms with Gasteiger partial charge in [0.1, 0.15) is 22.3 Å². The Morgan fingerprint density at radius 3 is 2.80 bits per heavy atom. The molecule has 0 saturated carbocycles. The predicted octanol–water partition coefficient (Wildman–Crippen LogP) is 3.50. The van der Waals surface area contributed by atoms with Crippen LogP contribution in [0.4, 0.5) is 10.2 Å². The number of pyridine rings is 1. The summed E-state index contributed by atoms with van der Waals surface area (Å²) in [7, 11) is 1.65. The van der Waals surface area contributed by atoms with Gasteiger partial charge in [0, 0.05) is 19.3 Å². The molecule has 0 atom stereocenters. The van der Waals surface area contributed by atoms with Gasteiger partial charge >= 0.3 is 5.97 Å². The van der Waals surface area contributed by atoms with Crippen molar-refractivity contribution < 1.29 is 19.0 Å². The molecule has 0 fully saturated rings. The maximum atomic E-state index is 13.6. The molecular formula is C15H13Cl2FN4O3. The van der Waals surface area contributed by atoms with Crippen molar-refractivity contribution >= 4 is 47.0 Å². The molecule has 0 aliphatic carbocycles. The van der Waals surface area contributed by atoms with Crippen LogP contribution in [0.5, 0.6) is 0 Å². The molecule has 0 unspecified atom stereocenters. The van der Waals surface area contributed by atoms with E-state index in [2.05, 4.69) is 15.1 Å². The number of aromatic nitrogens is 3. The SMILES string of the molecule is CCOC(=O)C(/C=N/c1ccnn1C)=C(\O)c1cc(F)c(Cl)nc1Cl. The van der Waals surface area contributed by atoms with E-state index in [9.17, 15) is 14.3 Å². The molecule has 0 saturated heterocycles. The first kappa shape index (κ1) is 18.9. The van der Waals surface area contributed by atoms with E-state index in [0.29, 0.717) is 5.82 Å². The number of esters is 1. The summed E-state index contributed by atoms with van der Waals surface area (Å²) < 4.78 is 20.0. The van der Waals surface area contributed by atoms with Crippen LogP contribution in [0, 0.1) is 5.82 Å². The van der Waals surface area contributed by atoms with Crippen LogP contribution in [0.3, 0.4) is 0 Å². The maximum absolute atomic E-state index is 13.6. The van der Waals surface area contributed by atoms with Crippen LogP contribution in [0.2, 0.25) is 10.3 Å². The number of hydrogen-bond acceptors (Lipinski definition) is 6. The molecule has 0 aliphatic rings. The van der Waals surface area contributed by atoms with Crippen LogP contribution in [0.15, 0.2) is 28.9 Å². The minimum absolute atomic E-state index is 0.0656. The Kier molecular flexibility index (Phi) is 6.11. The maximum Gasteiger partial charge on any atom is 0.343 e. The number of carbonyl (C=O) groups excluding carboxylic acids is 1. The van der Waals surface area contributed by atoms with Gasteiger partial charge in [0.25, 0.3) is 0 Å². The number of aliphatic imine (C=N–C) groups is 1. The average Bonchev–Trinajstić information content (AvgIpc) is 2.96. The van der Waals surface area contributed by atoms with Gasteiger partial charge in [0.05, 0.1) is 18.4 Å². The van der Waals surface area contributed by atoms with Crippen LogP contribution >= 0.6 is 23.2 Å². The van der Waals surface area contributed by atoms with Crippen molar-refractivity contribution in [2.75, 3.05) is 6.61 Å². The van der Waals surface area contributed by atoms with E-state index in [4.69, 9.17) is 27.9 Å². The van der Waals surface area contributed by atoms with E-state index < -0.39 is 22.7 Å². The molecule has 0 bridgehead atoms. The van der Waals surface area contributed by atoms with Crippen LogP contribution in [-0.4, -0.2) is 38.7 Å². The number of halogens is 3. The van der Waals surface area contributed by atoms with Crippen molar-refractivity contribution in [3.8, 4) is 0 Å². The summed E-state index contributed by atoms with van der Waals surface area (Å²) in [6.07, 6.45) is 2.59. The van der Waals surface area contributed by atoms with Crippen LogP contribution in [-0.2, 0) is 16.6 Å². The quantitative estimate of drug-likeness (QED) is 0.279. The molecule has 2 aromatic heterocycles. The number of aliphatic hydroxyl groups is 1. The van der Waals surface area contributed by atoms with Crippen molar-refractivity contribution in [3.05, 3.63) is 45.6 Å². The van der Waals surface area contributed by atoms with Crippen molar-refractivity contribution in [2.24, 2.45) is 12.0 Å². The average molecular weight is 387 g/mol. The molecule has 10 heteroatoms. The zero-order valence-corrected chi connectivity index (χ0v) is 14.7. The van der Waals surface area contributed by atoms with Gasteiger partial charge < -0.3 is 9.84 Å². The number of aliphatic hydroxyl groups excluding tert-OH is 1. The highest BCUT2D eigenvalue weighted by Crippen LogP contribution is 2.27. The third-order valence-corrected chi connectivity index (χ3v) is 3.57. The Labute approximate surface area is 152 Å². The van der Waals surface area contributed by atoms with Gasteiger partial charge in [-0.25, -0.2) is 19.2 Å². The van der Waals surface area contributed by atoms with E-state index >= 15 is 0 Å². The standard InChI is InChI=1S/C15H13Cl2FN4O3/c1-3-25-15(24)9(7-19-11-4-5-20-22(11)2)12(23)8-6-10(18)14(17)21-13(8)16/h4-7,23H,3H2,1-2H3/b12-9-,19-7+. The van der Waals surface area contributed by atoms with E-state index in [1.54, 1.807) is 20.0 Å². The smallest absolute Gasteiger partial charge is 0.343 e. The van der Waals surface area contributed by atoms with E-state index in [-0.39, 0.29) is 22.9 Å². The first-order valence-electron chi connectivity index (χ1n) is 6.99. The summed E-state index contributed by atoms with van der Waals surface area (Å²) in [6.45, 7) is 1.66. The monoisotopic (exact) mass is 386 g/mol. The Hall–Kier alpha value is -2.45. The molecule has 2 rings (SSSR count). The van der Waals surface area contributed by atoms with Crippen molar-refractivity contribution in [3.63, 3.8) is 0 Å². The minimum Gasteiger partial charge on any atom is -0.506 e. The van der Waals surface area contributed by atoms with Gasteiger partial charge in [-0.2, -0.15) is 5.10 Å². The molecule has 132 valence electrons. The summed E-state index contributed by atoms with van der Waals surface area (Å²) in [5.74, 6) is -1.99. The topological polar surface area (TPSA) is 89.6 Å². The molecular weight excluding hydrogens is 374 g/mol. The van der Waals surface area contributed by atoms with Gasteiger partial charge in [0.15, 0.2) is 11.0 Å². The number of aryl methyl sites for hydroxylation is 1. The normalized spacial score (nSPS) is 12.4. The molecule has 7 nitrogen and oxygen atoms in total. The largest absolute Gasteiger partial charge is 0.506 e. The molecule has 0 aliphatic heterocycles.